The van der Waals surface area contributed by atoms with Crippen LogP contribution in [0.5, 0.6) is 0 Å². The molecule has 0 fully saturated rings. The zero-order chi connectivity index (χ0) is 18.0. The first-order chi connectivity index (χ1) is 11.3. The number of nitrogens with zero attached hydrogens (tertiary/aromatic N) is 3. The fourth-order valence-electron chi connectivity index (χ4n) is 1.92. The van der Waals surface area contributed by atoms with E-state index in [0.717, 1.165) is 12.1 Å². The summed E-state index contributed by atoms with van der Waals surface area (Å²) >= 11 is 0. The number of pyridine rings is 1. The maximum atomic E-state index is 12.0. The molecule has 1 heterocycles. The molecule has 1 rings (SSSR count). The number of carbonyl (C=O) groups excluding carboxylic acids is 1. The highest BCUT2D eigenvalue weighted by atomic mass is 127. The summed E-state index contributed by atoms with van der Waals surface area (Å²) < 4.78 is 5.35. The van der Waals surface area contributed by atoms with Gasteiger partial charge < -0.3 is 20.7 Å². The predicted octanol–water partition coefficient (Wildman–Crippen LogP) is 2.40. The van der Waals surface area contributed by atoms with Crippen molar-refractivity contribution in [2.75, 3.05) is 26.2 Å². The minimum atomic E-state index is -0.496. The Morgan fingerprint density at radius 3 is 2.68 bits per heavy atom. The maximum absolute atomic E-state index is 12.0. The van der Waals surface area contributed by atoms with E-state index >= 15 is 0 Å². The Morgan fingerprint density at radius 1 is 1.40 bits per heavy atom. The summed E-state index contributed by atoms with van der Waals surface area (Å²) in [6.45, 7) is 9.63. The molecule has 0 aromatic carbocycles. The molecular weight excluding hydrogens is 433 g/mol. The van der Waals surface area contributed by atoms with Crippen molar-refractivity contribution in [3.63, 3.8) is 0 Å². The third-order valence-corrected chi connectivity index (χ3v) is 3.10. The minimum absolute atomic E-state index is 0. The van der Waals surface area contributed by atoms with Crippen LogP contribution in [-0.4, -0.2) is 53.7 Å². The molecule has 0 unspecified atom stereocenters. The molecule has 25 heavy (non-hydrogen) atoms. The van der Waals surface area contributed by atoms with Crippen molar-refractivity contribution >= 4 is 36.0 Å². The van der Waals surface area contributed by atoms with Crippen LogP contribution in [0.4, 0.5) is 4.79 Å². The summed E-state index contributed by atoms with van der Waals surface area (Å²) in [6, 6.07) is 5.79. The average molecular weight is 463 g/mol. The lowest BCUT2D eigenvalue weighted by Gasteiger charge is -2.26. The number of guanidine groups is 1. The Hall–Kier alpha value is -1.58. The fourth-order valence-corrected chi connectivity index (χ4v) is 1.92. The van der Waals surface area contributed by atoms with Crippen molar-refractivity contribution < 1.29 is 9.53 Å². The fraction of sp³-hybridized carbons (Fsp3) is 0.588. The predicted molar refractivity (Wildman–Crippen MR) is 111 cm³/mol. The SMILES string of the molecule is CCN(CCNC(N)=NCCc1ccccn1)C(=O)OC(C)(C)C.I. The normalized spacial score (nSPS) is 11.4. The molecule has 0 aliphatic heterocycles. The number of nitrogens with one attached hydrogen (secondary N) is 1. The third-order valence-electron chi connectivity index (χ3n) is 3.10. The monoisotopic (exact) mass is 463 g/mol. The second kappa shape index (κ2) is 11.9. The number of likely N-dealkylation sites (N-methyl/N-ethyl adjacent to an activating group) is 1. The first kappa shape index (κ1) is 23.4. The Labute approximate surface area is 167 Å². The van der Waals surface area contributed by atoms with Gasteiger partial charge >= 0.3 is 6.09 Å². The summed E-state index contributed by atoms with van der Waals surface area (Å²) in [5.74, 6) is 0.367. The molecule has 0 spiro atoms. The summed E-state index contributed by atoms with van der Waals surface area (Å²) in [5.41, 5.74) is 6.31. The molecule has 1 amide bonds. The van der Waals surface area contributed by atoms with E-state index in [0.29, 0.717) is 32.1 Å². The highest BCUT2D eigenvalue weighted by molar-refractivity contribution is 14.0. The highest BCUT2D eigenvalue weighted by Crippen LogP contribution is 2.09. The smallest absolute Gasteiger partial charge is 0.410 e. The number of aromatic nitrogens is 1. The number of nitrogens with two attached hydrogens (primary N) is 1. The molecule has 7 nitrogen and oxygen atoms in total. The average Bonchev–Trinajstić information content (AvgIpc) is 2.51. The summed E-state index contributed by atoms with van der Waals surface area (Å²) in [6.07, 6.45) is 2.18. The third kappa shape index (κ3) is 10.8. The van der Waals surface area contributed by atoms with Gasteiger partial charge in [0, 0.05) is 44.5 Å². The topological polar surface area (TPSA) is 92.8 Å². The van der Waals surface area contributed by atoms with Crippen LogP contribution in [0.25, 0.3) is 0 Å². The lowest BCUT2D eigenvalue weighted by atomic mass is 10.2. The molecule has 0 aliphatic rings. The standard InChI is InChI=1S/C17H29N5O2.HI/c1-5-22(16(23)24-17(2,3)4)13-12-21-15(18)20-11-9-14-8-6-7-10-19-14;/h6-8,10H,5,9,11-13H2,1-4H3,(H3,18,20,21);1H. The number of hydrogen-bond acceptors (Lipinski definition) is 4. The van der Waals surface area contributed by atoms with Crippen LogP contribution >= 0.6 is 24.0 Å². The van der Waals surface area contributed by atoms with Crippen molar-refractivity contribution in [3.05, 3.63) is 30.1 Å². The molecule has 0 saturated carbocycles. The number of carbonyl (C=O) groups is 1. The van der Waals surface area contributed by atoms with Gasteiger partial charge in [0.2, 0.25) is 0 Å². The van der Waals surface area contributed by atoms with Crippen molar-refractivity contribution in [1.82, 2.24) is 15.2 Å². The van der Waals surface area contributed by atoms with Crippen LogP contribution < -0.4 is 11.1 Å². The van der Waals surface area contributed by atoms with Gasteiger partial charge in [-0.05, 0) is 39.8 Å². The molecular formula is C17H30IN5O2. The zero-order valence-corrected chi connectivity index (χ0v) is 17.8. The number of aliphatic imine (C=N–C) groups is 1. The second-order valence-electron chi connectivity index (χ2n) is 6.32. The van der Waals surface area contributed by atoms with E-state index in [2.05, 4.69) is 15.3 Å². The van der Waals surface area contributed by atoms with Gasteiger partial charge in [0.1, 0.15) is 5.60 Å². The van der Waals surface area contributed by atoms with Gasteiger partial charge in [-0.3, -0.25) is 9.98 Å². The van der Waals surface area contributed by atoms with Gasteiger partial charge in [-0.2, -0.15) is 0 Å². The Morgan fingerprint density at radius 2 is 2.12 bits per heavy atom. The van der Waals surface area contributed by atoms with Crippen LogP contribution in [0, 0.1) is 0 Å². The number of halogens is 1. The van der Waals surface area contributed by atoms with Crippen molar-refractivity contribution in [2.24, 2.45) is 10.7 Å². The van der Waals surface area contributed by atoms with Gasteiger partial charge in [-0.25, -0.2) is 4.79 Å². The van der Waals surface area contributed by atoms with Gasteiger partial charge in [0.15, 0.2) is 5.96 Å². The molecule has 0 saturated heterocycles. The Balaban J connectivity index is 0.00000576. The maximum Gasteiger partial charge on any atom is 0.410 e. The first-order valence-electron chi connectivity index (χ1n) is 8.23. The molecule has 0 bridgehead atoms. The molecule has 0 aliphatic carbocycles. The van der Waals surface area contributed by atoms with Crippen molar-refractivity contribution in [3.8, 4) is 0 Å². The van der Waals surface area contributed by atoms with E-state index in [1.807, 2.05) is 45.9 Å². The first-order valence-corrected chi connectivity index (χ1v) is 8.23. The van der Waals surface area contributed by atoms with Crippen LogP contribution in [0.15, 0.2) is 29.4 Å². The molecule has 1 aromatic heterocycles. The molecule has 142 valence electrons. The highest BCUT2D eigenvalue weighted by Gasteiger charge is 2.20. The summed E-state index contributed by atoms with van der Waals surface area (Å²) in [7, 11) is 0. The van der Waals surface area contributed by atoms with Crippen LogP contribution in [0.1, 0.15) is 33.4 Å². The minimum Gasteiger partial charge on any atom is -0.444 e. The molecule has 0 atom stereocenters. The summed E-state index contributed by atoms with van der Waals surface area (Å²) in [5, 5.41) is 3.01. The van der Waals surface area contributed by atoms with E-state index in [1.54, 1.807) is 11.1 Å². The van der Waals surface area contributed by atoms with Gasteiger partial charge in [-0.1, -0.05) is 6.07 Å². The Kier molecular flexibility index (Phi) is 11.1. The van der Waals surface area contributed by atoms with E-state index in [-0.39, 0.29) is 30.1 Å². The number of hydrogen-bond donors (Lipinski definition) is 2. The Bertz CT molecular complexity index is 532. The lowest BCUT2D eigenvalue weighted by Crippen LogP contribution is -2.42. The summed E-state index contributed by atoms with van der Waals surface area (Å²) in [4.78, 5) is 22.1. The van der Waals surface area contributed by atoms with Gasteiger partial charge in [-0.15, -0.1) is 24.0 Å². The van der Waals surface area contributed by atoms with Gasteiger partial charge in [0.25, 0.3) is 0 Å². The molecule has 0 radical (unpaired) electrons. The molecule has 1 aromatic rings. The zero-order valence-electron chi connectivity index (χ0n) is 15.5. The van der Waals surface area contributed by atoms with Gasteiger partial charge in [0.05, 0.1) is 0 Å². The van der Waals surface area contributed by atoms with E-state index in [9.17, 15) is 4.79 Å². The largest absolute Gasteiger partial charge is 0.444 e. The van der Waals surface area contributed by atoms with Crippen molar-refractivity contribution in [1.29, 1.82) is 0 Å². The van der Waals surface area contributed by atoms with Crippen LogP contribution in [0.2, 0.25) is 0 Å². The van der Waals surface area contributed by atoms with Crippen LogP contribution in [0.3, 0.4) is 0 Å². The van der Waals surface area contributed by atoms with E-state index in [1.165, 1.54) is 0 Å². The van der Waals surface area contributed by atoms with Crippen molar-refractivity contribution in [2.45, 2.75) is 39.7 Å². The quantitative estimate of drug-likeness (QED) is 0.368. The van der Waals surface area contributed by atoms with Crippen LogP contribution in [-0.2, 0) is 11.2 Å². The van der Waals surface area contributed by atoms with E-state index < -0.39 is 5.60 Å². The second-order valence-corrected chi connectivity index (χ2v) is 6.32. The van der Waals surface area contributed by atoms with E-state index in [4.69, 9.17) is 10.5 Å². The number of rotatable bonds is 7. The number of amides is 1. The molecule has 3 N–H and O–H groups in total. The number of ether oxygens (including phenoxy) is 1. The molecule has 8 heteroatoms. The lowest BCUT2D eigenvalue weighted by molar-refractivity contribution is 0.0264.